The van der Waals surface area contributed by atoms with Gasteiger partial charge in [-0.05, 0) is 32.4 Å². The first kappa shape index (κ1) is 11.6. The molecule has 0 unspecified atom stereocenters. The summed E-state index contributed by atoms with van der Waals surface area (Å²) >= 11 is 11.7. The maximum atomic E-state index is 5.97. The van der Waals surface area contributed by atoms with Crippen LogP contribution in [-0.4, -0.2) is 16.4 Å². The zero-order valence-electron chi connectivity index (χ0n) is 8.35. The van der Waals surface area contributed by atoms with Crippen molar-refractivity contribution in [2.45, 2.75) is 25.8 Å². The van der Waals surface area contributed by atoms with E-state index >= 15 is 0 Å². The molecule has 0 atom stereocenters. The van der Waals surface area contributed by atoms with E-state index in [-0.39, 0.29) is 5.54 Å². The summed E-state index contributed by atoms with van der Waals surface area (Å²) in [6, 6.07) is 3.62. The van der Waals surface area contributed by atoms with E-state index < -0.39 is 0 Å². The maximum Gasteiger partial charge on any atom is 0.145 e. The third-order valence-corrected chi connectivity index (χ3v) is 2.43. The van der Waals surface area contributed by atoms with E-state index in [4.69, 9.17) is 23.2 Å². The van der Waals surface area contributed by atoms with E-state index in [2.05, 4.69) is 24.1 Å². The minimum atomic E-state index is -0.0836. The molecule has 0 radical (unpaired) electrons. The number of hydrogen-bond acceptors (Lipinski definition) is 2. The van der Waals surface area contributed by atoms with Crippen LogP contribution in [0.4, 0.5) is 5.82 Å². The number of alkyl halides is 1. The Morgan fingerprint density at radius 2 is 2.21 bits per heavy atom. The Morgan fingerprint density at radius 3 is 2.79 bits per heavy atom. The third-order valence-electron chi connectivity index (χ3n) is 1.93. The molecule has 1 rings (SSSR count). The van der Waals surface area contributed by atoms with Gasteiger partial charge in [-0.15, -0.1) is 11.6 Å². The molecule has 4 heteroatoms. The molecule has 0 aliphatic rings. The van der Waals surface area contributed by atoms with Crippen molar-refractivity contribution >= 4 is 29.0 Å². The highest BCUT2D eigenvalue weighted by atomic mass is 35.5. The lowest BCUT2D eigenvalue weighted by atomic mass is 10.0. The minimum Gasteiger partial charge on any atom is -0.364 e. The molecule has 2 nitrogen and oxygen atoms in total. The molecule has 0 amide bonds. The smallest absolute Gasteiger partial charge is 0.145 e. The Hall–Kier alpha value is -0.470. The molecule has 0 saturated heterocycles. The molecular formula is C10H14Cl2N2. The lowest BCUT2D eigenvalue weighted by Crippen LogP contribution is -2.31. The van der Waals surface area contributed by atoms with Gasteiger partial charge in [-0.25, -0.2) is 4.98 Å². The van der Waals surface area contributed by atoms with Crippen LogP contribution in [-0.2, 0) is 0 Å². The minimum absolute atomic E-state index is 0.0836. The van der Waals surface area contributed by atoms with E-state index in [1.807, 2.05) is 12.1 Å². The van der Waals surface area contributed by atoms with E-state index in [0.29, 0.717) is 16.7 Å². The fourth-order valence-corrected chi connectivity index (χ4v) is 1.74. The SMILES string of the molecule is CC(C)(CCCl)Nc1ncccc1Cl. The van der Waals surface area contributed by atoms with Crippen molar-refractivity contribution in [1.29, 1.82) is 0 Å². The van der Waals surface area contributed by atoms with Crippen LogP contribution in [0.2, 0.25) is 5.02 Å². The summed E-state index contributed by atoms with van der Waals surface area (Å²) in [4.78, 5) is 4.16. The highest BCUT2D eigenvalue weighted by molar-refractivity contribution is 6.32. The molecule has 0 spiro atoms. The predicted octanol–water partition coefficient (Wildman–Crippen LogP) is 3.55. The molecule has 1 aromatic rings. The Balaban J connectivity index is 2.73. The van der Waals surface area contributed by atoms with Crippen molar-refractivity contribution in [3.63, 3.8) is 0 Å². The summed E-state index contributed by atoms with van der Waals surface area (Å²) in [6.45, 7) is 4.14. The number of anilines is 1. The van der Waals surface area contributed by atoms with Crippen LogP contribution in [0.3, 0.4) is 0 Å². The van der Waals surface area contributed by atoms with Crippen molar-refractivity contribution in [1.82, 2.24) is 4.98 Å². The van der Waals surface area contributed by atoms with Crippen molar-refractivity contribution in [3.05, 3.63) is 23.4 Å². The van der Waals surface area contributed by atoms with Crippen LogP contribution in [0.5, 0.6) is 0 Å². The lowest BCUT2D eigenvalue weighted by Gasteiger charge is -2.26. The van der Waals surface area contributed by atoms with Crippen LogP contribution in [0.15, 0.2) is 18.3 Å². The molecule has 0 aliphatic heterocycles. The fraction of sp³-hybridized carbons (Fsp3) is 0.500. The van der Waals surface area contributed by atoms with Gasteiger partial charge in [0.2, 0.25) is 0 Å². The van der Waals surface area contributed by atoms with Gasteiger partial charge >= 0.3 is 0 Å². The average molecular weight is 233 g/mol. The Kier molecular flexibility index (Phi) is 4.02. The number of hydrogen-bond donors (Lipinski definition) is 1. The predicted molar refractivity (Wildman–Crippen MR) is 62.3 cm³/mol. The van der Waals surface area contributed by atoms with Gasteiger partial charge in [0.05, 0.1) is 5.02 Å². The molecule has 0 aliphatic carbocycles. The molecular weight excluding hydrogens is 219 g/mol. The molecule has 0 saturated carbocycles. The summed E-state index contributed by atoms with van der Waals surface area (Å²) < 4.78 is 0. The standard InChI is InChI=1S/C10H14Cl2N2/c1-10(2,5-6-11)14-9-8(12)4-3-7-13-9/h3-4,7H,5-6H2,1-2H3,(H,13,14). The van der Waals surface area contributed by atoms with Gasteiger partial charge in [0, 0.05) is 17.6 Å². The van der Waals surface area contributed by atoms with Crippen LogP contribution < -0.4 is 5.32 Å². The summed E-state index contributed by atoms with van der Waals surface area (Å²) in [5.41, 5.74) is -0.0836. The maximum absolute atomic E-state index is 5.97. The quantitative estimate of drug-likeness (QED) is 0.804. The topological polar surface area (TPSA) is 24.9 Å². The number of rotatable bonds is 4. The summed E-state index contributed by atoms with van der Waals surface area (Å²) in [7, 11) is 0. The van der Waals surface area contributed by atoms with Crippen LogP contribution >= 0.6 is 23.2 Å². The molecule has 0 aromatic carbocycles. The average Bonchev–Trinajstić information content (AvgIpc) is 2.08. The third kappa shape index (κ3) is 3.35. The first-order chi connectivity index (χ1) is 6.55. The Bertz CT molecular complexity index is 300. The van der Waals surface area contributed by atoms with Crippen molar-refractivity contribution < 1.29 is 0 Å². The molecule has 14 heavy (non-hydrogen) atoms. The fourth-order valence-electron chi connectivity index (χ4n) is 1.10. The van der Waals surface area contributed by atoms with Gasteiger partial charge in [-0.1, -0.05) is 11.6 Å². The summed E-state index contributed by atoms with van der Waals surface area (Å²) in [5.74, 6) is 1.33. The van der Waals surface area contributed by atoms with E-state index in [1.54, 1.807) is 6.20 Å². The molecule has 0 fully saturated rings. The largest absolute Gasteiger partial charge is 0.364 e. The number of halogens is 2. The normalized spacial score (nSPS) is 11.4. The van der Waals surface area contributed by atoms with E-state index in [1.165, 1.54) is 0 Å². The summed E-state index contributed by atoms with van der Waals surface area (Å²) in [6.07, 6.45) is 2.58. The van der Waals surface area contributed by atoms with Crippen molar-refractivity contribution in [3.8, 4) is 0 Å². The van der Waals surface area contributed by atoms with E-state index in [0.717, 1.165) is 6.42 Å². The van der Waals surface area contributed by atoms with Crippen molar-refractivity contribution in [2.24, 2.45) is 0 Å². The van der Waals surface area contributed by atoms with E-state index in [9.17, 15) is 0 Å². The molecule has 1 aromatic heterocycles. The van der Waals surface area contributed by atoms with Gasteiger partial charge < -0.3 is 5.32 Å². The first-order valence-electron chi connectivity index (χ1n) is 4.50. The van der Waals surface area contributed by atoms with Crippen LogP contribution in [0.25, 0.3) is 0 Å². The van der Waals surface area contributed by atoms with Gasteiger partial charge in [0.15, 0.2) is 0 Å². The molecule has 0 bridgehead atoms. The van der Waals surface area contributed by atoms with Gasteiger partial charge in [-0.3, -0.25) is 0 Å². The highest BCUT2D eigenvalue weighted by Gasteiger charge is 2.17. The first-order valence-corrected chi connectivity index (χ1v) is 5.41. The second kappa shape index (κ2) is 4.85. The van der Waals surface area contributed by atoms with Gasteiger partial charge in [0.1, 0.15) is 5.82 Å². The zero-order chi connectivity index (χ0) is 10.6. The molecule has 1 N–H and O–H groups in total. The second-order valence-electron chi connectivity index (χ2n) is 3.78. The Morgan fingerprint density at radius 1 is 1.50 bits per heavy atom. The molecule has 78 valence electrons. The van der Waals surface area contributed by atoms with Gasteiger partial charge in [0.25, 0.3) is 0 Å². The second-order valence-corrected chi connectivity index (χ2v) is 4.57. The number of nitrogens with one attached hydrogen (secondary N) is 1. The van der Waals surface area contributed by atoms with Crippen LogP contribution in [0, 0.1) is 0 Å². The number of pyridine rings is 1. The summed E-state index contributed by atoms with van der Waals surface area (Å²) in [5, 5.41) is 3.89. The lowest BCUT2D eigenvalue weighted by molar-refractivity contribution is 0.548. The Labute approximate surface area is 94.6 Å². The number of aromatic nitrogens is 1. The van der Waals surface area contributed by atoms with Crippen LogP contribution in [0.1, 0.15) is 20.3 Å². The highest BCUT2D eigenvalue weighted by Crippen LogP contribution is 2.23. The monoisotopic (exact) mass is 232 g/mol. The molecule has 1 heterocycles. The zero-order valence-corrected chi connectivity index (χ0v) is 9.86. The number of nitrogens with zero attached hydrogens (tertiary/aromatic N) is 1. The van der Waals surface area contributed by atoms with Gasteiger partial charge in [-0.2, -0.15) is 0 Å². The van der Waals surface area contributed by atoms with Crippen molar-refractivity contribution in [2.75, 3.05) is 11.2 Å².